The van der Waals surface area contributed by atoms with Crippen molar-refractivity contribution in [2.24, 2.45) is 10.7 Å². The Balaban J connectivity index is 1.99. The Hall–Kier alpha value is -1.89. The maximum Gasteiger partial charge on any atom is 0.225 e. The molecule has 7 heteroatoms. The Morgan fingerprint density at radius 2 is 2.40 bits per heavy atom. The lowest BCUT2D eigenvalue weighted by Gasteiger charge is -2.31. The van der Waals surface area contributed by atoms with Crippen LogP contribution in [0, 0.1) is 0 Å². The van der Waals surface area contributed by atoms with Crippen LogP contribution < -0.4 is 10.6 Å². The number of hydrogen-bond acceptors (Lipinski definition) is 5. The average Bonchev–Trinajstić information content (AvgIpc) is 2.45. The van der Waals surface area contributed by atoms with Crippen molar-refractivity contribution < 1.29 is 4.74 Å². The number of anilines is 1. The van der Waals surface area contributed by atoms with E-state index in [1.807, 2.05) is 36.9 Å². The number of morpholine rings is 1. The predicted molar refractivity (Wildman–Crippen MR) is 78.7 cm³/mol. The van der Waals surface area contributed by atoms with Crippen LogP contribution in [0.5, 0.6) is 0 Å². The van der Waals surface area contributed by atoms with E-state index < -0.39 is 0 Å². The maximum absolute atomic E-state index is 6.02. The van der Waals surface area contributed by atoms with Crippen LogP contribution in [0.25, 0.3) is 0 Å². The van der Waals surface area contributed by atoms with Gasteiger partial charge in [0.05, 0.1) is 24.9 Å². The topological polar surface area (TPSA) is 79.9 Å². The fourth-order valence-electron chi connectivity index (χ4n) is 1.98. The second kappa shape index (κ2) is 6.51. The van der Waals surface area contributed by atoms with Crippen LogP contribution in [0.2, 0.25) is 0 Å². The molecule has 0 saturated carbocycles. The molecule has 1 unspecified atom stereocenters. The summed E-state index contributed by atoms with van der Waals surface area (Å²) in [6, 6.07) is 1.85. The molecule has 0 bridgehead atoms. The summed E-state index contributed by atoms with van der Waals surface area (Å²) < 4.78 is 5.48. The quantitative estimate of drug-likeness (QED) is 0.623. The molecule has 1 aromatic heterocycles. The Labute approximate surface area is 119 Å². The van der Waals surface area contributed by atoms with Crippen LogP contribution in [0.3, 0.4) is 0 Å². The smallest absolute Gasteiger partial charge is 0.225 e. The number of hydrogen-bond donors (Lipinski definition) is 1. The average molecular weight is 278 g/mol. The van der Waals surface area contributed by atoms with Gasteiger partial charge in [-0.05, 0) is 13.0 Å². The maximum atomic E-state index is 6.02. The van der Waals surface area contributed by atoms with E-state index in [1.54, 1.807) is 6.20 Å². The minimum Gasteiger partial charge on any atom is -0.375 e. The molecule has 0 aliphatic carbocycles. The molecule has 20 heavy (non-hydrogen) atoms. The summed E-state index contributed by atoms with van der Waals surface area (Å²) in [5.74, 6) is 1.22. The Morgan fingerprint density at radius 3 is 3.10 bits per heavy atom. The van der Waals surface area contributed by atoms with Crippen molar-refractivity contribution in [1.82, 2.24) is 14.9 Å². The number of nitrogens with two attached hydrogens (primary N) is 1. The molecule has 0 amide bonds. The molecule has 2 N–H and O–H groups in total. The Bertz CT molecular complexity index is 476. The molecule has 1 aromatic rings. The van der Waals surface area contributed by atoms with Crippen molar-refractivity contribution in [2.45, 2.75) is 19.6 Å². The normalized spacial score (nSPS) is 20.1. The summed E-state index contributed by atoms with van der Waals surface area (Å²) in [5.41, 5.74) is 6.88. The van der Waals surface area contributed by atoms with Gasteiger partial charge in [0, 0.05) is 33.4 Å². The molecular weight excluding hydrogens is 256 g/mol. The van der Waals surface area contributed by atoms with Crippen molar-refractivity contribution in [2.75, 3.05) is 38.7 Å². The van der Waals surface area contributed by atoms with Gasteiger partial charge in [0.1, 0.15) is 0 Å². The first-order valence-electron chi connectivity index (χ1n) is 6.72. The van der Waals surface area contributed by atoms with Gasteiger partial charge in [-0.25, -0.2) is 15.0 Å². The lowest BCUT2D eigenvalue weighted by atomic mass is 10.3. The third kappa shape index (κ3) is 3.80. The zero-order chi connectivity index (χ0) is 14.5. The number of aromatic nitrogens is 2. The first-order chi connectivity index (χ1) is 9.56. The van der Waals surface area contributed by atoms with Gasteiger partial charge < -0.3 is 20.3 Å². The SMILES string of the molecule is CC1CN(C(N)=NCc2ccnc(N(C)C)n2)CCO1. The van der Waals surface area contributed by atoms with Crippen LogP contribution in [0.4, 0.5) is 5.95 Å². The third-order valence-electron chi connectivity index (χ3n) is 3.07. The molecule has 2 heterocycles. The van der Waals surface area contributed by atoms with Gasteiger partial charge in [0.25, 0.3) is 0 Å². The molecule has 1 aliphatic heterocycles. The molecule has 110 valence electrons. The van der Waals surface area contributed by atoms with Gasteiger partial charge in [-0.1, -0.05) is 0 Å². The first-order valence-corrected chi connectivity index (χ1v) is 6.72. The Kier molecular flexibility index (Phi) is 4.73. The van der Waals surface area contributed by atoms with E-state index in [9.17, 15) is 0 Å². The summed E-state index contributed by atoms with van der Waals surface area (Å²) >= 11 is 0. The molecule has 7 nitrogen and oxygen atoms in total. The van der Waals surface area contributed by atoms with Crippen molar-refractivity contribution in [3.05, 3.63) is 18.0 Å². The predicted octanol–water partition coefficient (Wildman–Crippen LogP) is 0.0780. The summed E-state index contributed by atoms with van der Waals surface area (Å²) in [4.78, 5) is 16.9. The monoisotopic (exact) mass is 278 g/mol. The number of rotatable bonds is 3. The van der Waals surface area contributed by atoms with Crippen LogP contribution in [0.15, 0.2) is 17.3 Å². The van der Waals surface area contributed by atoms with E-state index in [1.165, 1.54) is 0 Å². The molecule has 1 saturated heterocycles. The summed E-state index contributed by atoms with van der Waals surface area (Å²) in [6.45, 7) is 4.75. The summed E-state index contributed by atoms with van der Waals surface area (Å²) in [6.07, 6.45) is 1.93. The zero-order valence-electron chi connectivity index (χ0n) is 12.3. The molecular formula is C13H22N6O. The highest BCUT2D eigenvalue weighted by molar-refractivity contribution is 5.78. The second-order valence-corrected chi connectivity index (χ2v) is 5.04. The lowest BCUT2D eigenvalue weighted by Crippen LogP contribution is -2.47. The van der Waals surface area contributed by atoms with E-state index in [-0.39, 0.29) is 6.10 Å². The van der Waals surface area contributed by atoms with E-state index in [0.717, 1.165) is 18.8 Å². The van der Waals surface area contributed by atoms with Gasteiger partial charge in [-0.15, -0.1) is 0 Å². The fraction of sp³-hybridized carbons (Fsp3) is 0.615. The number of guanidine groups is 1. The molecule has 1 fully saturated rings. The van der Waals surface area contributed by atoms with Crippen molar-refractivity contribution in [3.63, 3.8) is 0 Å². The lowest BCUT2D eigenvalue weighted by molar-refractivity contribution is 0.00528. The van der Waals surface area contributed by atoms with Crippen molar-refractivity contribution in [1.29, 1.82) is 0 Å². The van der Waals surface area contributed by atoms with E-state index in [0.29, 0.717) is 25.1 Å². The highest BCUT2D eigenvalue weighted by Gasteiger charge is 2.17. The van der Waals surface area contributed by atoms with Crippen LogP contribution in [-0.2, 0) is 11.3 Å². The molecule has 0 aromatic carbocycles. The van der Waals surface area contributed by atoms with Gasteiger partial charge in [0.15, 0.2) is 5.96 Å². The fourth-order valence-corrected chi connectivity index (χ4v) is 1.98. The molecule has 0 spiro atoms. The van der Waals surface area contributed by atoms with Gasteiger partial charge >= 0.3 is 0 Å². The largest absolute Gasteiger partial charge is 0.375 e. The third-order valence-corrected chi connectivity index (χ3v) is 3.07. The number of aliphatic imine (C=N–C) groups is 1. The van der Waals surface area contributed by atoms with Gasteiger partial charge in [-0.2, -0.15) is 0 Å². The van der Waals surface area contributed by atoms with E-state index >= 15 is 0 Å². The van der Waals surface area contributed by atoms with E-state index in [2.05, 4.69) is 15.0 Å². The number of nitrogens with zero attached hydrogens (tertiary/aromatic N) is 5. The standard InChI is InChI=1S/C13H22N6O/c1-10-9-19(6-7-20-10)12(14)16-8-11-4-5-15-13(17-11)18(2)3/h4-5,10H,6-9H2,1-3H3,(H2,14,16). The first kappa shape index (κ1) is 14.5. The van der Waals surface area contributed by atoms with Crippen LogP contribution in [-0.4, -0.2) is 60.7 Å². The molecule has 1 atom stereocenters. The van der Waals surface area contributed by atoms with Gasteiger partial charge in [0.2, 0.25) is 5.95 Å². The summed E-state index contributed by atoms with van der Waals surface area (Å²) in [5, 5.41) is 0. The van der Waals surface area contributed by atoms with Gasteiger partial charge in [-0.3, -0.25) is 0 Å². The Morgan fingerprint density at radius 1 is 1.60 bits per heavy atom. The van der Waals surface area contributed by atoms with Crippen molar-refractivity contribution in [3.8, 4) is 0 Å². The van der Waals surface area contributed by atoms with Crippen LogP contribution in [0.1, 0.15) is 12.6 Å². The second-order valence-electron chi connectivity index (χ2n) is 5.04. The highest BCUT2D eigenvalue weighted by atomic mass is 16.5. The molecule has 1 aliphatic rings. The van der Waals surface area contributed by atoms with Crippen LogP contribution >= 0.6 is 0 Å². The van der Waals surface area contributed by atoms with Crippen molar-refractivity contribution >= 4 is 11.9 Å². The zero-order valence-corrected chi connectivity index (χ0v) is 12.3. The highest BCUT2D eigenvalue weighted by Crippen LogP contribution is 2.06. The molecule has 0 radical (unpaired) electrons. The minimum atomic E-state index is 0.192. The van der Waals surface area contributed by atoms with E-state index in [4.69, 9.17) is 10.5 Å². The summed E-state index contributed by atoms with van der Waals surface area (Å²) in [7, 11) is 3.82. The minimum absolute atomic E-state index is 0.192. The number of ether oxygens (including phenoxy) is 1. The molecule has 2 rings (SSSR count).